The van der Waals surface area contributed by atoms with Crippen molar-refractivity contribution in [3.8, 4) is 0 Å². The van der Waals surface area contributed by atoms with Gasteiger partial charge in [0.1, 0.15) is 5.00 Å². The summed E-state index contributed by atoms with van der Waals surface area (Å²) in [7, 11) is 0. The number of carbonyl (C=O) groups excluding carboxylic acids is 2. The highest BCUT2D eigenvalue weighted by Gasteiger charge is 2.32. The van der Waals surface area contributed by atoms with E-state index in [2.05, 4.69) is 12.2 Å². The third kappa shape index (κ3) is 3.51. The van der Waals surface area contributed by atoms with E-state index < -0.39 is 0 Å². The SMILES string of the molecule is CCC1CCc2c(sc(NC(=O)C3CCC3)c2C(=O)OC(C)C)C1. The van der Waals surface area contributed by atoms with Crippen LogP contribution in [0.2, 0.25) is 0 Å². The molecule has 3 rings (SSSR count). The van der Waals surface area contributed by atoms with Crippen LogP contribution in [-0.4, -0.2) is 18.0 Å². The smallest absolute Gasteiger partial charge is 0.341 e. The number of fused-ring (bicyclic) bond motifs is 1. The molecule has 1 atom stereocenters. The summed E-state index contributed by atoms with van der Waals surface area (Å²) in [6.45, 7) is 5.93. The molecule has 1 unspecified atom stereocenters. The lowest BCUT2D eigenvalue weighted by Gasteiger charge is -2.24. The molecular formula is C19H27NO3S. The van der Waals surface area contributed by atoms with Gasteiger partial charge in [0.15, 0.2) is 0 Å². The van der Waals surface area contributed by atoms with E-state index in [1.54, 1.807) is 11.3 Å². The molecule has 1 heterocycles. The number of hydrogen-bond donors (Lipinski definition) is 1. The Morgan fingerprint density at radius 1 is 1.29 bits per heavy atom. The molecule has 0 bridgehead atoms. The normalized spacial score (nSPS) is 20.4. The van der Waals surface area contributed by atoms with Gasteiger partial charge >= 0.3 is 5.97 Å². The van der Waals surface area contributed by atoms with Crippen LogP contribution in [-0.2, 0) is 22.4 Å². The molecule has 1 aromatic rings. The van der Waals surface area contributed by atoms with Crippen LogP contribution >= 0.6 is 11.3 Å². The second kappa shape index (κ2) is 7.26. The van der Waals surface area contributed by atoms with Crippen molar-refractivity contribution in [3.05, 3.63) is 16.0 Å². The standard InChI is InChI=1S/C19H27NO3S/c1-4-12-8-9-14-15(10-12)24-18(16(14)19(22)23-11(2)3)20-17(21)13-6-5-7-13/h11-13H,4-10H2,1-3H3,(H,20,21). The van der Waals surface area contributed by atoms with Gasteiger partial charge in [-0.15, -0.1) is 11.3 Å². The third-order valence-electron chi connectivity index (χ3n) is 5.20. The van der Waals surface area contributed by atoms with Gasteiger partial charge in [-0.3, -0.25) is 4.79 Å². The fraction of sp³-hybridized carbons (Fsp3) is 0.684. The molecule has 1 saturated carbocycles. The molecule has 2 aliphatic carbocycles. The lowest BCUT2D eigenvalue weighted by molar-refractivity contribution is -0.122. The average Bonchev–Trinajstić information content (AvgIpc) is 2.81. The molecule has 132 valence electrons. The topological polar surface area (TPSA) is 55.4 Å². The van der Waals surface area contributed by atoms with Gasteiger partial charge in [0.05, 0.1) is 11.7 Å². The van der Waals surface area contributed by atoms with E-state index in [4.69, 9.17) is 4.74 Å². The second-order valence-corrected chi connectivity index (χ2v) is 8.40. The molecule has 4 nitrogen and oxygen atoms in total. The van der Waals surface area contributed by atoms with Crippen molar-refractivity contribution in [1.29, 1.82) is 0 Å². The lowest BCUT2D eigenvalue weighted by Crippen LogP contribution is -2.28. The number of esters is 1. The summed E-state index contributed by atoms with van der Waals surface area (Å²) < 4.78 is 5.45. The molecule has 5 heteroatoms. The van der Waals surface area contributed by atoms with E-state index in [9.17, 15) is 9.59 Å². The van der Waals surface area contributed by atoms with Gasteiger partial charge in [0.2, 0.25) is 5.91 Å². The Morgan fingerprint density at radius 2 is 2.04 bits per heavy atom. The third-order valence-corrected chi connectivity index (χ3v) is 6.37. The maximum atomic E-state index is 12.6. The molecule has 2 aliphatic rings. The van der Waals surface area contributed by atoms with Crippen molar-refractivity contribution in [3.63, 3.8) is 0 Å². The lowest BCUT2D eigenvalue weighted by atomic mass is 9.84. The van der Waals surface area contributed by atoms with E-state index in [0.29, 0.717) is 16.5 Å². The first-order valence-electron chi connectivity index (χ1n) is 9.16. The minimum Gasteiger partial charge on any atom is -0.459 e. The Balaban J connectivity index is 1.89. The van der Waals surface area contributed by atoms with E-state index in [-0.39, 0.29) is 23.9 Å². The van der Waals surface area contributed by atoms with Crippen molar-refractivity contribution in [1.82, 2.24) is 0 Å². The van der Waals surface area contributed by atoms with E-state index in [1.165, 1.54) is 4.88 Å². The number of amides is 1. The number of hydrogen-bond acceptors (Lipinski definition) is 4. The number of nitrogens with one attached hydrogen (secondary N) is 1. The monoisotopic (exact) mass is 349 g/mol. The summed E-state index contributed by atoms with van der Waals surface area (Å²) in [6.07, 6.45) is 7.07. The van der Waals surface area contributed by atoms with Crippen LogP contribution < -0.4 is 5.32 Å². The number of anilines is 1. The minimum atomic E-state index is -0.290. The Labute approximate surface area is 148 Å². The zero-order valence-electron chi connectivity index (χ0n) is 14.8. The Morgan fingerprint density at radius 3 is 2.62 bits per heavy atom. The predicted octanol–water partition coefficient (Wildman–Crippen LogP) is 4.57. The molecule has 1 amide bonds. The molecule has 1 N–H and O–H groups in total. The summed E-state index contributed by atoms with van der Waals surface area (Å²) in [4.78, 5) is 26.3. The fourth-order valence-electron chi connectivity index (χ4n) is 3.46. The molecular weight excluding hydrogens is 322 g/mol. The highest BCUT2D eigenvalue weighted by molar-refractivity contribution is 7.17. The van der Waals surface area contributed by atoms with Crippen molar-refractivity contribution in [2.75, 3.05) is 5.32 Å². The minimum absolute atomic E-state index is 0.0606. The van der Waals surface area contributed by atoms with Gasteiger partial charge in [-0.1, -0.05) is 19.8 Å². The zero-order chi connectivity index (χ0) is 17.3. The van der Waals surface area contributed by atoms with Crippen molar-refractivity contribution in [2.45, 2.75) is 71.8 Å². The number of ether oxygens (including phenoxy) is 1. The fourth-order valence-corrected chi connectivity index (χ4v) is 4.82. The van der Waals surface area contributed by atoms with Crippen LogP contribution in [0.4, 0.5) is 5.00 Å². The summed E-state index contributed by atoms with van der Waals surface area (Å²) in [5, 5.41) is 3.74. The van der Waals surface area contributed by atoms with Crippen LogP contribution in [0.5, 0.6) is 0 Å². The molecule has 0 aromatic carbocycles. The first-order valence-corrected chi connectivity index (χ1v) is 9.97. The first kappa shape index (κ1) is 17.5. The maximum absolute atomic E-state index is 12.6. The van der Waals surface area contributed by atoms with Gasteiger partial charge in [0.25, 0.3) is 0 Å². The van der Waals surface area contributed by atoms with E-state index in [1.807, 2.05) is 13.8 Å². The van der Waals surface area contributed by atoms with Crippen molar-refractivity contribution < 1.29 is 14.3 Å². The van der Waals surface area contributed by atoms with Crippen LogP contribution in [0.15, 0.2) is 0 Å². The van der Waals surface area contributed by atoms with Gasteiger partial charge in [-0.25, -0.2) is 4.79 Å². The quantitative estimate of drug-likeness (QED) is 0.792. The highest BCUT2D eigenvalue weighted by atomic mass is 32.1. The highest BCUT2D eigenvalue weighted by Crippen LogP contribution is 2.41. The summed E-state index contributed by atoms with van der Waals surface area (Å²) in [5.41, 5.74) is 1.73. The molecule has 0 saturated heterocycles. The summed E-state index contributed by atoms with van der Waals surface area (Å²) >= 11 is 1.58. The van der Waals surface area contributed by atoms with E-state index >= 15 is 0 Å². The first-order chi connectivity index (χ1) is 11.5. The Bertz CT molecular complexity index is 631. The number of thiophene rings is 1. The van der Waals surface area contributed by atoms with Crippen LogP contribution in [0.3, 0.4) is 0 Å². The zero-order valence-corrected chi connectivity index (χ0v) is 15.6. The summed E-state index contributed by atoms with van der Waals surface area (Å²) in [6, 6.07) is 0. The van der Waals surface area contributed by atoms with Gasteiger partial charge < -0.3 is 10.1 Å². The Kier molecular flexibility index (Phi) is 5.28. The van der Waals surface area contributed by atoms with Gasteiger partial charge in [-0.2, -0.15) is 0 Å². The molecule has 1 fully saturated rings. The van der Waals surface area contributed by atoms with Crippen molar-refractivity contribution in [2.24, 2.45) is 11.8 Å². The second-order valence-electron chi connectivity index (χ2n) is 7.30. The average molecular weight is 349 g/mol. The largest absolute Gasteiger partial charge is 0.459 e. The van der Waals surface area contributed by atoms with Crippen molar-refractivity contribution >= 4 is 28.2 Å². The predicted molar refractivity (Wildman–Crippen MR) is 96.6 cm³/mol. The van der Waals surface area contributed by atoms with Crippen LogP contribution in [0, 0.1) is 11.8 Å². The van der Waals surface area contributed by atoms with Crippen LogP contribution in [0.25, 0.3) is 0 Å². The van der Waals surface area contributed by atoms with Crippen LogP contribution in [0.1, 0.15) is 73.7 Å². The van der Waals surface area contributed by atoms with Gasteiger partial charge in [-0.05, 0) is 57.4 Å². The molecule has 0 aliphatic heterocycles. The molecule has 24 heavy (non-hydrogen) atoms. The van der Waals surface area contributed by atoms with Gasteiger partial charge in [0, 0.05) is 10.8 Å². The van der Waals surface area contributed by atoms with E-state index in [0.717, 1.165) is 50.5 Å². The molecule has 0 radical (unpaired) electrons. The maximum Gasteiger partial charge on any atom is 0.341 e. The number of carbonyl (C=O) groups is 2. The molecule has 1 aromatic heterocycles. The Hall–Kier alpha value is -1.36. The number of rotatable bonds is 5. The molecule has 0 spiro atoms. The summed E-state index contributed by atoms with van der Waals surface area (Å²) in [5.74, 6) is 0.564.